The van der Waals surface area contributed by atoms with E-state index >= 15 is 0 Å². The Bertz CT molecular complexity index is 1240. The van der Waals surface area contributed by atoms with Crippen LogP contribution in [0.2, 0.25) is 0 Å². The fourth-order valence-corrected chi connectivity index (χ4v) is 3.55. The zero-order chi connectivity index (χ0) is 31.5. The second kappa shape index (κ2) is 9.86. The van der Waals surface area contributed by atoms with Gasteiger partial charge in [0.15, 0.2) is 5.13 Å². The Balaban J connectivity index is 2.46. The van der Waals surface area contributed by atoms with Gasteiger partial charge in [-0.25, -0.2) is 4.98 Å². The summed E-state index contributed by atoms with van der Waals surface area (Å²) in [5.41, 5.74) is 0.00855. The van der Waals surface area contributed by atoms with E-state index in [9.17, 15) is 79.4 Å². The average Bonchev–Trinajstić information content (AvgIpc) is 3.26. The quantitative estimate of drug-likeness (QED) is 0.267. The van der Waals surface area contributed by atoms with E-state index in [0.29, 0.717) is 4.47 Å². The minimum absolute atomic E-state index is 0.152. The van der Waals surface area contributed by atoms with Crippen molar-refractivity contribution in [2.24, 2.45) is 0 Å². The number of carbonyl (C=O) groups is 1. The number of rotatable bonds is 9. The van der Waals surface area contributed by atoms with Gasteiger partial charge in [0.25, 0.3) is 0 Å². The molecule has 3 nitrogen and oxygen atoms in total. The maximum atomic E-state index is 14.0. The number of benzene rings is 1. The van der Waals surface area contributed by atoms with Gasteiger partial charge in [-0.15, -0.1) is 11.3 Å². The summed E-state index contributed by atoms with van der Waals surface area (Å²) in [5.74, 6) is -62.0. The van der Waals surface area contributed by atoms with Crippen LogP contribution in [0.1, 0.15) is 0 Å². The van der Waals surface area contributed by atoms with Gasteiger partial charge in [0.05, 0.1) is 5.69 Å². The SMILES string of the molecule is O=C(Nc1nc(-c2ccc(Br)cc2)cs1)C(F)(F)C(F)(F)C(F)(F)C(F)(F)C(F)(F)C(F)(F)C(F)(F)C(F)(F)F. The molecule has 0 spiro atoms. The van der Waals surface area contributed by atoms with Crippen LogP contribution in [0, 0.1) is 0 Å². The summed E-state index contributed by atoms with van der Waals surface area (Å²) in [6.45, 7) is 0. The number of thiazole rings is 1. The number of aromatic nitrogens is 1. The number of anilines is 1. The molecule has 0 saturated heterocycles. The van der Waals surface area contributed by atoms with Gasteiger partial charge in [0.2, 0.25) is 0 Å². The van der Waals surface area contributed by atoms with E-state index in [0.717, 1.165) is 10.7 Å². The van der Waals surface area contributed by atoms with Crippen LogP contribution in [0.15, 0.2) is 34.1 Å². The lowest BCUT2D eigenvalue weighted by Crippen LogP contribution is -2.75. The number of amides is 1. The number of alkyl halides is 17. The summed E-state index contributed by atoms with van der Waals surface area (Å²) in [5, 5.41) is 0.631. The standard InChI is InChI=1S/C18H6BrF17N2OS/c19-7-3-1-6(2-4-7)8-5-40-10(37-8)38-9(39)11(20,21)12(22,23)13(24,25)14(26,27)15(28,29)16(30,31)17(32,33)18(34,35)36/h1-5H,(H,37,38,39). The average molecular weight is 701 g/mol. The fourth-order valence-electron chi connectivity index (χ4n) is 2.57. The van der Waals surface area contributed by atoms with Crippen molar-refractivity contribution in [3.8, 4) is 11.3 Å². The van der Waals surface area contributed by atoms with Crippen LogP contribution in [0.3, 0.4) is 0 Å². The maximum Gasteiger partial charge on any atom is 0.460 e. The summed E-state index contributed by atoms with van der Waals surface area (Å²) >= 11 is 3.20. The van der Waals surface area contributed by atoms with E-state index in [1.165, 1.54) is 24.3 Å². The molecule has 0 saturated carbocycles. The smallest absolute Gasteiger partial charge is 0.296 e. The van der Waals surface area contributed by atoms with Crippen molar-refractivity contribution in [1.29, 1.82) is 0 Å². The first-order valence-corrected chi connectivity index (χ1v) is 11.0. The largest absolute Gasteiger partial charge is 0.460 e. The monoisotopic (exact) mass is 700 g/mol. The summed E-state index contributed by atoms with van der Waals surface area (Å²) in [6.07, 6.45) is -7.85. The van der Waals surface area contributed by atoms with Crippen molar-refractivity contribution in [3.05, 3.63) is 34.1 Å². The first-order chi connectivity index (χ1) is 17.6. The highest BCUT2D eigenvalue weighted by atomic mass is 79.9. The molecule has 1 aromatic heterocycles. The first-order valence-electron chi connectivity index (χ1n) is 9.35. The summed E-state index contributed by atoms with van der Waals surface area (Å²) in [7, 11) is 0. The van der Waals surface area contributed by atoms with Gasteiger partial charge in [0, 0.05) is 15.4 Å². The molecule has 2 rings (SSSR count). The van der Waals surface area contributed by atoms with E-state index in [1.807, 2.05) is 0 Å². The van der Waals surface area contributed by atoms with E-state index in [-0.39, 0.29) is 22.6 Å². The van der Waals surface area contributed by atoms with Crippen molar-refractivity contribution in [2.45, 2.75) is 47.6 Å². The predicted molar refractivity (Wildman–Crippen MR) is 105 cm³/mol. The minimum atomic E-state index is -8.77. The number of hydrogen-bond acceptors (Lipinski definition) is 3. The zero-order valence-electron chi connectivity index (χ0n) is 18.0. The molecule has 0 bridgehead atoms. The van der Waals surface area contributed by atoms with Gasteiger partial charge in [-0.2, -0.15) is 74.6 Å². The Labute approximate surface area is 221 Å². The topological polar surface area (TPSA) is 42.0 Å². The van der Waals surface area contributed by atoms with E-state index < -0.39 is 58.7 Å². The fraction of sp³-hybridized carbons (Fsp3) is 0.444. The maximum absolute atomic E-state index is 14.0. The van der Waals surface area contributed by atoms with Gasteiger partial charge in [-0.1, -0.05) is 28.1 Å². The van der Waals surface area contributed by atoms with Crippen LogP contribution >= 0.6 is 27.3 Å². The second-order valence-corrected chi connectivity index (χ2v) is 9.29. The molecule has 0 radical (unpaired) electrons. The molecule has 0 aliphatic heterocycles. The lowest BCUT2D eigenvalue weighted by atomic mass is 9.89. The third kappa shape index (κ3) is 4.87. The first kappa shape index (κ1) is 33.8. The molecule has 40 heavy (non-hydrogen) atoms. The highest BCUT2D eigenvalue weighted by Crippen LogP contribution is 2.64. The zero-order valence-corrected chi connectivity index (χ0v) is 20.4. The molecular weight excluding hydrogens is 695 g/mol. The molecule has 0 aliphatic rings. The third-order valence-electron chi connectivity index (χ3n) is 4.87. The Kier molecular flexibility index (Phi) is 8.34. The van der Waals surface area contributed by atoms with Crippen molar-refractivity contribution in [3.63, 3.8) is 0 Å². The molecule has 2 aromatic rings. The molecule has 1 aromatic carbocycles. The number of carbonyl (C=O) groups excluding carboxylic acids is 1. The molecule has 1 N–H and O–H groups in total. The third-order valence-corrected chi connectivity index (χ3v) is 6.16. The molecule has 1 amide bonds. The summed E-state index contributed by atoms with van der Waals surface area (Å²) in [4.78, 5) is 15.0. The predicted octanol–water partition coefficient (Wildman–Crippen LogP) is 8.52. The van der Waals surface area contributed by atoms with Crippen molar-refractivity contribution in [2.75, 3.05) is 5.32 Å². The normalized spacial score (nSPS) is 14.8. The van der Waals surface area contributed by atoms with Crippen LogP contribution in [-0.2, 0) is 4.79 Å². The molecule has 0 fully saturated rings. The Hall–Kier alpha value is -2.39. The van der Waals surface area contributed by atoms with Gasteiger partial charge < -0.3 is 0 Å². The van der Waals surface area contributed by atoms with Gasteiger partial charge in [-0.05, 0) is 12.1 Å². The van der Waals surface area contributed by atoms with Crippen LogP contribution in [-0.4, -0.2) is 58.5 Å². The van der Waals surface area contributed by atoms with Gasteiger partial charge >= 0.3 is 53.5 Å². The molecule has 1 heterocycles. The Morgan fingerprint density at radius 1 is 0.650 bits per heavy atom. The lowest BCUT2D eigenvalue weighted by Gasteiger charge is -2.42. The summed E-state index contributed by atoms with van der Waals surface area (Å²) in [6, 6.07) is 5.48. The van der Waals surface area contributed by atoms with Crippen LogP contribution in [0.4, 0.5) is 79.8 Å². The number of nitrogens with zero attached hydrogens (tertiary/aromatic N) is 1. The molecular formula is C18H6BrF17N2OS. The van der Waals surface area contributed by atoms with E-state index in [1.54, 1.807) is 0 Å². The van der Waals surface area contributed by atoms with Crippen molar-refractivity contribution >= 4 is 38.3 Å². The number of halogens is 18. The van der Waals surface area contributed by atoms with Crippen LogP contribution in [0.5, 0.6) is 0 Å². The van der Waals surface area contributed by atoms with E-state index in [2.05, 4.69) is 20.9 Å². The Morgan fingerprint density at radius 3 is 1.48 bits per heavy atom. The number of nitrogens with one attached hydrogen (secondary N) is 1. The molecule has 22 heteroatoms. The van der Waals surface area contributed by atoms with Crippen LogP contribution < -0.4 is 5.32 Å². The van der Waals surface area contributed by atoms with E-state index in [4.69, 9.17) is 0 Å². The molecule has 0 aliphatic carbocycles. The van der Waals surface area contributed by atoms with Crippen molar-refractivity contribution in [1.82, 2.24) is 4.98 Å². The van der Waals surface area contributed by atoms with Crippen LogP contribution in [0.25, 0.3) is 11.3 Å². The lowest BCUT2D eigenvalue weighted by molar-refractivity contribution is -0.459. The Morgan fingerprint density at radius 2 is 1.05 bits per heavy atom. The number of hydrogen-bond donors (Lipinski definition) is 1. The summed E-state index contributed by atoms with van der Waals surface area (Å²) < 4.78 is 227. The van der Waals surface area contributed by atoms with Gasteiger partial charge in [-0.3, -0.25) is 10.1 Å². The highest BCUT2D eigenvalue weighted by molar-refractivity contribution is 9.10. The molecule has 0 unspecified atom stereocenters. The van der Waals surface area contributed by atoms with Gasteiger partial charge in [0.1, 0.15) is 0 Å². The second-order valence-electron chi connectivity index (χ2n) is 7.52. The highest BCUT2D eigenvalue weighted by Gasteiger charge is 2.95. The van der Waals surface area contributed by atoms with Crippen molar-refractivity contribution < 1.29 is 79.4 Å². The molecule has 226 valence electrons. The minimum Gasteiger partial charge on any atom is -0.296 e. The molecule has 0 atom stereocenters.